The van der Waals surface area contributed by atoms with Gasteiger partial charge in [-0.15, -0.1) is 23.2 Å². The van der Waals surface area contributed by atoms with Crippen LogP contribution < -0.4 is 29.5 Å². The number of carbonyl (C=O) groups excluding carboxylic acids is 4. The van der Waals surface area contributed by atoms with Crippen LogP contribution in [0.2, 0.25) is 0 Å². The molecule has 2 N–H and O–H groups in total. The smallest absolute Gasteiger partial charge is 0.411 e. The number of anilines is 4. The molecule has 2 aliphatic rings. The minimum atomic E-state index is -0.800. The van der Waals surface area contributed by atoms with E-state index in [2.05, 4.69) is 10.6 Å². The molecule has 21 nitrogen and oxygen atoms in total. The Morgan fingerprint density at radius 3 is 1.34 bits per heavy atom. The number of amides is 4. The van der Waals surface area contributed by atoms with Crippen LogP contribution in [0.25, 0.3) is 66.1 Å². The monoisotopic (exact) mass is 1270 g/mol. The second-order valence-corrected chi connectivity index (χ2v) is 22.1. The lowest BCUT2D eigenvalue weighted by Crippen LogP contribution is -2.29. The molecule has 89 heavy (non-hydrogen) atoms. The lowest BCUT2D eigenvalue weighted by Gasteiger charge is -2.18. The van der Waals surface area contributed by atoms with Gasteiger partial charge in [0.15, 0.2) is 23.0 Å². The molecule has 0 bridgehead atoms. The maximum Gasteiger partial charge on any atom is 0.411 e. The zero-order valence-corrected chi connectivity index (χ0v) is 50.1. The van der Waals surface area contributed by atoms with Crippen LogP contribution in [0.15, 0.2) is 171 Å². The summed E-state index contributed by atoms with van der Waals surface area (Å²) >= 11 is 13.2. The molecule has 4 amide bonds. The molecule has 8 aromatic carbocycles. The Kier molecular flexibility index (Phi) is 15.6. The van der Waals surface area contributed by atoms with Crippen molar-refractivity contribution in [3.63, 3.8) is 0 Å². The fraction of sp³-hybridized carbons (Fsp3) is 0.125. The first-order chi connectivity index (χ1) is 43.2. The lowest BCUT2D eigenvalue weighted by atomic mass is 9.95. The molecule has 0 spiro atoms. The van der Waals surface area contributed by atoms with Gasteiger partial charge in [-0.3, -0.25) is 40.5 Å². The third-order valence-corrected chi connectivity index (χ3v) is 17.0. The summed E-state index contributed by atoms with van der Waals surface area (Å²) in [5.74, 6) is 0.262. The summed E-state index contributed by atoms with van der Waals surface area (Å²) in [5, 5.41) is 32.7. The summed E-state index contributed by atoms with van der Waals surface area (Å²) < 4.78 is 40.1. The number of halogens is 2. The molecular weight excluding hydrogens is 1230 g/mol. The highest BCUT2D eigenvalue weighted by atomic mass is 35.5. The van der Waals surface area contributed by atoms with Crippen molar-refractivity contribution in [2.45, 2.75) is 25.0 Å². The normalized spacial score (nSPS) is 14.2. The van der Waals surface area contributed by atoms with Crippen molar-refractivity contribution in [2.24, 2.45) is 0 Å². The summed E-state index contributed by atoms with van der Waals surface area (Å²) in [6.45, 7) is 0.0476. The van der Waals surface area contributed by atoms with Gasteiger partial charge in [0.05, 0.1) is 51.5 Å². The van der Waals surface area contributed by atoms with E-state index in [0.29, 0.717) is 89.2 Å². The summed E-state index contributed by atoms with van der Waals surface area (Å²) in [7, 11) is 3.94. The maximum atomic E-state index is 14.6. The molecule has 4 unspecified atom stereocenters. The number of hydrogen-bond acceptors (Lipinski definition) is 15. The van der Waals surface area contributed by atoms with E-state index in [1.165, 1.54) is 36.4 Å². The standard InChI is InChI=1S/C64H46Cl2N6O15P2/c65-27-39-29-69(49-25-45(41-5-1-3-7-43(41)59(39)49)67-63(75)81-31-33-9-13-47(71(77)78)55(19-33)86-88)61(73)57-23-37-21-35(11-15-53(37)84-57)51-17-18-52(83-51)36-12-16-54-38(22-36)24-58(85-54)62(74)70-30-40(28-66)60-44-8-4-2-6-42(44)46(26-50(60)70)68-64(76)82-32-34-10-14-48(72(79)80)56(20-34)87-89/h1-26,39-40H,27-32,88-89H2,(H,67,75)(H,68,76). The number of ether oxygens (including phenoxy) is 2. The molecule has 0 aliphatic carbocycles. The van der Waals surface area contributed by atoms with Gasteiger partial charge in [-0.25, -0.2) is 9.59 Å². The number of nitro benzene ring substituents is 2. The average Bonchev–Trinajstić information content (AvgIpc) is 1.76. The van der Waals surface area contributed by atoms with Crippen molar-refractivity contribution in [2.75, 3.05) is 45.3 Å². The first kappa shape index (κ1) is 58.0. The van der Waals surface area contributed by atoms with E-state index in [9.17, 15) is 39.4 Å². The molecule has 0 saturated heterocycles. The number of nitro groups is 2. The van der Waals surface area contributed by atoms with Crippen LogP contribution in [0.5, 0.6) is 11.5 Å². The third kappa shape index (κ3) is 10.9. The molecule has 0 fully saturated rings. The number of nitrogens with zero attached hydrogens (tertiary/aromatic N) is 4. The van der Waals surface area contributed by atoms with Gasteiger partial charge < -0.3 is 41.6 Å². The zero-order chi connectivity index (χ0) is 61.8. The van der Waals surface area contributed by atoms with Crippen molar-refractivity contribution in [1.82, 2.24) is 0 Å². The van der Waals surface area contributed by atoms with Gasteiger partial charge >= 0.3 is 23.6 Å². The second-order valence-electron chi connectivity index (χ2n) is 21.0. The van der Waals surface area contributed by atoms with Crippen molar-refractivity contribution in [3.8, 4) is 34.1 Å². The largest absolute Gasteiger partial charge is 0.473 e. The van der Waals surface area contributed by atoms with Crippen molar-refractivity contribution in [1.29, 1.82) is 0 Å². The van der Waals surface area contributed by atoms with Gasteiger partial charge in [0, 0.05) is 81.5 Å². The van der Waals surface area contributed by atoms with Crippen LogP contribution in [0.3, 0.4) is 0 Å². The van der Waals surface area contributed by atoms with Gasteiger partial charge in [0.1, 0.15) is 35.9 Å². The number of furan rings is 3. The Balaban J connectivity index is 0.713. The van der Waals surface area contributed by atoms with E-state index in [0.717, 1.165) is 21.9 Å². The van der Waals surface area contributed by atoms with E-state index in [1.54, 1.807) is 46.2 Å². The predicted octanol–water partition coefficient (Wildman–Crippen LogP) is 16.0. The minimum absolute atomic E-state index is 0.0121. The predicted molar refractivity (Wildman–Crippen MR) is 342 cm³/mol. The molecule has 2 aliphatic heterocycles. The lowest BCUT2D eigenvalue weighted by molar-refractivity contribution is -0.385. The van der Waals surface area contributed by atoms with Crippen LogP contribution in [0.1, 0.15) is 55.2 Å². The second kappa shape index (κ2) is 23.9. The number of nitrogens with one attached hydrogen (secondary N) is 2. The van der Waals surface area contributed by atoms with Crippen LogP contribution in [0.4, 0.5) is 43.7 Å². The number of carbonyl (C=O) groups is 4. The first-order valence-electron chi connectivity index (χ1n) is 27.4. The number of benzene rings is 8. The van der Waals surface area contributed by atoms with E-state index in [-0.39, 0.29) is 84.3 Å². The molecule has 13 rings (SSSR count). The van der Waals surface area contributed by atoms with Crippen molar-refractivity contribution < 1.29 is 60.8 Å². The summed E-state index contributed by atoms with van der Waals surface area (Å²) in [5.41, 5.74) is 6.26. The van der Waals surface area contributed by atoms with Crippen LogP contribution in [0, 0.1) is 20.2 Å². The van der Waals surface area contributed by atoms with E-state index in [1.807, 2.05) is 104 Å². The molecule has 446 valence electrons. The number of alkyl halides is 2. The highest BCUT2D eigenvalue weighted by Gasteiger charge is 2.38. The van der Waals surface area contributed by atoms with Gasteiger partial charge in [-0.05, 0) is 130 Å². The number of fused-ring (bicyclic) bond motifs is 8. The Labute approximate surface area is 518 Å². The fourth-order valence-corrected chi connectivity index (χ4v) is 12.5. The highest BCUT2D eigenvalue weighted by Crippen LogP contribution is 2.48. The van der Waals surface area contributed by atoms with Crippen LogP contribution in [-0.2, 0) is 22.7 Å². The minimum Gasteiger partial charge on any atom is -0.473 e. The quantitative estimate of drug-likeness (QED) is 0.0394. The van der Waals surface area contributed by atoms with E-state index in [4.69, 9.17) is 55.0 Å². The molecule has 0 radical (unpaired) electrons. The van der Waals surface area contributed by atoms with Crippen molar-refractivity contribution >= 4 is 144 Å². The van der Waals surface area contributed by atoms with E-state index >= 15 is 0 Å². The molecule has 11 aromatic rings. The molecule has 5 heterocycles. The molecular formula is C64H46Cl2N6O15P2. The fourth-order valence-electron chi connectivity index (χ4n) is 11.6. The Bertz CT molecular complexity index is 4470. The Hall–Kier alpha value is -10.0. The average molecular weight is 1270 g/mol. The number of hydrogen-bond donors (Lipinski definition) is 2. The molecule has 4 atom stereocenters. The number of rotatable bonds is 16. The third-order valence-electron chi connectivity index (χ3n) is 15.7. The topological polar surface area (TPSA) is 261 Å². The Morgan fingerprint density at radius 1 is 0.528 bits per heavy atom. The van der Waals surface area contributed by atoms with E-state index < -0.39 is 33.8 Å². The van der Waals surface area contributed by atoms with Gasteiger partial charge in [0.25, 0.3) is 11.8 Å². The molecule has 3 aromatic heterocycles. The molecule has 0 saturated carbocycles. The highest BCUT2D eigenvalue weighted by molar-refractivity contribution is 7.10. The SMILES string of the molecule is O=C(Nc1cc2c(c3ccccc13)C(CCl)CN2C(=O)c1cc2cc(-c3ccc(-c4ccc5oc(C(=O)N6CC(CCl)c7c6cc(NC(=O)OCc6ccc([N+](=O)[O-])c(OP)c6)c6ccccc76)cc5c4)o3)ccc2o1)OCc1ccc([N+](=O)[O-])c(OP)c1. The van der Waals surface area contributed by atoms with Crippen LogP contribution >= 0.6 is 42.1 Å². The first-order valence-corrected chi connectivity index (χ1v) is 29.4. The van der Waals surface area contributed by atoms with Gasteiger partial charge in [-0.2, -0.15) is 0 Å². The summed E-state index contributed by atoms with van der Waals surface area (Å²) in [6.07, 6.45) is -1.60. The maximum absolute atomic E-state index is 14.6. The summed E-state index contributed by atoms with van der Waals surface area (Å²) in [6, 6.07) is 44.5. The van der Waals surface area contributed by atoms with Crippen molar-refractivity contribution in [3.05, 3.63) is 212 Å². The molecule has 25 heteroatoms. The summed E-state index contributed by atoms with van der Waals surface area (Å²) in [4.78, 5) is 80.7. The van der Waals surface area contributed by atoms with Crippen LogP contribution in [-0.4, -0.2) is 58.7 Å². The Morgan fingerprint density at radius 2 is 0.944 bits per heavy atom. The van der Waals surface area contributed by atoms with Gasteiger partial charge in [0.2, 0.25) is 0 Å². The van der Waals surface area contributed by atoms with Gasteiger partial charge in [-0.1, -0.05) is 48.5 Å². The zero-order valence-electron chi connectivity index (χ0n) is 46.2.